The second-order valence-corrected chi connectivity index (χ2v) is 2.76. The fraction of sp³-hybridized carbons (Fsp3) is 0.111. The fourth-order valence-electron chi connectivity index (χ4n) is 1.12. The lowest BCUT2D eigenvalue weighted by Crippen LogP contribution is -1.89. The Morgan fingerprint density at radius 3 is 2.92 bits per heavy atom. The largest absolute Gasteiger partial charge is 0.399 e. The Kier molecular flexibility index (Phi) is 1.43. The van der Waals surface area contributed by atoms with Gasteiger partial charge in [0.25, 0.3) is 0 Å². The molecule has 2 rings (SSSR count). The normalized spacial score (nSPS) is 10.4. The van der Waals surface area contributed by atoms with E-state index in [2.05, 4.69) is 9.97 Å². The van der Waals surface area contributed by atoms with Crippen LogP contribution < -0.4 is 5.73 Å². The maximum Gasteiger partial charge on any atom is 0.0910 e. The molecule has 1 aromatic carbocycles. The van der Waals surface area contributed by atoms with Gasteiger partial charge < -0.3 is 5.73 Å². The van der Waals surface area contributed by atoms with Crippen molar-refractivity contribution in [2.75, 3.05) is 5.73 Å². The van der Waals surface area contributed by atoms with Gasteiger partial charge in [-0.3, -0.25) is 4.98 Å². The molecule has 0 aliphatic heterocycles. The molecular formula is C9H9N3. The summed E-state index contributed by atoms with van der Waals surface area (Å²) < 4.78 is 0. The summed E-state index contributed by atoms with van der Waals surface area (Å²) in [4.78, 5) is 8.50. The van der Waals surface area contributed by atoms with Gasteiger partial charge in [0.05, 0.1) is 16.7 Å². The van der Waals surface area contributed by atoms with Gasteiger partial charge in [-0.15, -0.1) is 0 Å². The highest BCUT2D eigenvalue weighted by atomic mass is 14.8. The maximum absolute atomic E-state index is 5.61. The summed E-state index contributed by atoms with van der Waals surface area (Å²) in [6.07, 6.45) is 1.75. The number of hydrogen-bond donors (Lipinski definition) is 1. The van der Waals surface area contributed by atoms with Crippen LogP contribution >= 0.6 is 0 Å². The zero-order valence-corrected chi connectivity index (χ0v) is 6.78. The molecule has 0 spiro atoms. The third kappa shape index (κ3) is 1.09. The van der Waals surface area contributed by atoms with Crippen LogP contribution in [0.1, 0.15) is 5.69 Å². The summed E-state index contributed by atoms with van der Waals surface area (Å²) in [5.74, 6) is 0. The molecule has 12 heavy (non-hydrogen) atoms. The van der Waals surface area contributed by atoms with Crippen LogP contribution in [0.3, 0.4) is 0 Å². The van der Waals surface area contributed by atoms with Gasteiger partial charge in [-0.1, -0.05) is 0 Å². The van der Waals surface area contributed by atoms with Crippen molar-refractivity contribution in [3.63, 3.8) is 0 Å². The number of nitrogen functional groups attached to an aromatic ring is 1. The van der Waals surface area contributed by atoms with Crippen LogP contribution in [0.25, 0.3) is 11.0 Å². The predicted molar refractivity (Wildman–Crippen MR) is 48.7 cm³/mol. The lowest BCUT2D eigenvalue weighted by atomic mass is 10.2. The Bertz CT molecular complexity index is 386. The van der Waals surface area contributed by atoms with Crippen molar-refractivity contribution in [1.29, 1.82) is 0 Å². The highest BCUT2D eigenvalue weighted by Crippen LogP contribution is 2.12. The summed E-state index contributed by atoms with van der Waals surface area (Å²) >= 11 is 0. The second-order valence-electron chi connectivity index (χ2n) is 2.76. The molecule has 0 saturated heterocycles. The SMILES string of the molecule is Cc1cnc2ccc(N)cc2n1. The zero-order chi connectivity index (χ0) is 8.55. The number of nitrogens with zero attached hydrogens (tertiary/aromatic N) is 2. The molecule has 0 aliphatic carbocycles. The van der Waals surface area contributed by atoms with Crippen molar-refractivity contribution < 1.29 is 0 Å². The lowest BCUT2D eigenvalue weighted by Gasteiger charge is -1.98. The third-order valence-electron chi connectivity index (χ3n) is 1.69. The number of aryl methyl sites for hydroxylation is 1. The van der Waals surface area contributed by atoms with E-state index in [1.807, 2.05) is 25.1 Å². The maximum atomic E-state index is 5.61. The van der Waals surface area contributed by atoms with Crippen molar-refractivity contribution in [3.05, 3.63) is 30.1 Å². The topological polar surface area (TPSA) is 51.8 Å². The van der Waals surface area contributed by atoms with Gasteiger partial charge in [0, 0.05) is 11.9 Å². The molecule has 1 aromatic heterocycles. The second kappa shape index (κ2) is 2.44. The molecule has 60 valence electrons. The molecule has 2 aromatic rings. The molecule has 3 nitrogen and oxygen atoms in total. The summed E-state index contributed by atoms with van der Waals surface area (Å²) in [7, 11) is 0. The molecule has 3 heteroatoms. The smallest absolute Gasteiger partial charge is 0.0910 e. The van der Waals surface area contributed by atoms with E-state index >= 15 is 0 Å². The molecule has 2 N–H and O–H groups in total. The van der Waals surface area contributed by atoms with E-state index in [1.54, 1.807) is 6.20 Å². The minimum Gasteiger partial charge on any atom is -0.399 e. The standard InChI is InChI=1S/C9H9N3/c1-6-5-11-8-3-2-7(10)4-9(8)12-6/h2-5H,10H2,1H3. The first-order valence-electron chi connectivity index (χ1n) is 3.74. The van der Waals surface area contributed by atoms with Crippen LogP contribution in [0.4, 0.5) is 5.69 Å². The number of benzene rings is 1. The molecule has 0 amide bonds. The van der Waals surface area contributed by atoms with Crippen LogP contribution in [0.15, 0.2) is 24.4 Å². The Balaban J connectivity index is 2.80. The van der Waals surface area contributed by atoms with E-state index in [-0.39, 0.29) is 0 Å². The first-order chi connectivity index (χ1) is 5.75. The van der Waals surface area contributed by atoms with Crippen LogP contribution in [0.2, 0.25) is 0 Å². The Hall–Kier alpha value is -1.64. The lowest BCUT2D eigenvalue weighted by molar-refractivity contribution is 1.19. The first kappa shape index (κ1) is 7.03. The van der Waals surface area contributed by atoms with Gasteiger partial charge in [-0.25, -0.2) is 4.98 Å². The van der Waals surface area contributed by atoms with Gasteiger partial charge in [0.1, 0.15) is 0 Å². The average molecular weight is 159 g/mol. The molecule has 0 atom stereocenters. The molecular weight excluding hydrogens is 150 g/mol. The minimum atomic E-state index is 0.724. The first-order valence-corrected chi connectivity index (χ1v) is 3.74. The number of anilines is 1. The molecule has 0 fully saturated rings. The molecule has 1 heterocycles. The van der Waals surface area contributed by atoms with Crippen molar-refractivity contribution in [2.45, 2.75) is 6.92 Å². The minimum absolute atomic E-state index is 0.724. The summed E-state index contributed by atoms with van der Waals surface area (Å²) in [5.41, 5.74) is 8.98. The highest BCUT2D eigenvalue weighted by Gasteiger charge is 1.95. The van der Waals surface area contributed by atoms with Crippen molar-refractivity contribution >= 4 is 16.7 Å². The molecule has 0 radical (unpaired) electrons. The van der Waals surface area contributed by atoms with Gasteiger partial charge in [0.15, 0.2) is 0 Å². The van der Waals surface area contributed by atoms with E-state index in [1.165, 1.54) is 0 Å². The molecule has 0 unspecified atom stereocenters. The number of nitrogens with two attached hydrogens (primary N) is 1. The quantitative estimate of drug-likeness (QED) is 0.593. The van der Waals surface area contributed by atoms with Crippen LogP contribution in [0.5, 0.6) is 0 Å². The summed E-state index contributed by atoms with van der Waals surface area (Å²) in [6, 6.07) is 5.53. The summed E-state index contributed by atoms with van der Waals surface area (Å²) in [5, 5.41) is 0. The number of fused-ring (bicyclic) bond motifs is 1. The number of rotatable bonds is 0. The van der Waals surface area contributed by atoms with E-state index in [9.17, 15) is 0 Å². The third-order valence-corrected chi connectivity index (χ3v) is 1.69. The van der Waals surface area contributed by atoms with E-state index in [0.29, 0.717) is 0 Å². The monoisotopic (exact) mass is 159 g/mol. The van der Waals surface area contributed by atoms with Crippen molar-refractivity contribution in [2.24, 2.45) is 0 Å². The molecule has 0 bridgehead atoms. The zero-order valence-electron chi connectivity index (χ0n) is 6.78. The molecule has 0 saturated carbocycles. The van der Waals surface area contributed by atoms with Crippen LogP contribution in [0, 0.1) is 6.92 Å². The van der Waals surface area contributed by atoms with Gasteiger partial charge in [-0.05, 0) is 25.1 Å². The van der Waals surface area contributed by atoms with Crippen molar-refractivity contribution in [3.8, 4) is 0 Å². The van der Waals surface area contributed by atoms with Gasteiger partial charge in [0.2, 0.25) is 0 Å². The summed E-state index contributed by atoms with van der Waals surface area (Å²) in [6.45, 7) is 1.91. The van der Waals surface area contributed by atoms with E-state index in [0.717, 1.165) is 22.4 Å². The Labute approximate surface area is 70.3 Å². The Morgan fingerprint density at radius 1 is 1.25 bits per heavy atom. The van der Waals surface area contributed by atoms with E-state index < -0.39 is 0 Å². The molecule has 0 aliphatic rings. The predicted octanol–water partition coefficient (Wildman–Crippen LogP) is 1.52. The van der Waals surface area contributed by atoms with Gasteiger partial charge >= 0.3 is 0 Å². The highest BCUT2D eigenvalue weighted by molar-refractivity contribution is 5.77. The Morgan fingerprint density at radius 2 is 2.08 bits per heavy atom. The number of hydrogen-bond acceptors (Lipinski definition) is 3. The van der Waals surface area contributed by atoms with Crippen molar-refractivity contribution in [1.82, 2.24) is 9.97 Å². The van der Waals surface area contributed by atoms with Gasteiger partial charge in [-0.2, -0.15) is 0 Å². The van der Waals surface area contributed by atoms with E-state index in [4.69, 9.17) is 5.73 Å². The van der Waals surface area contributed by atoms with Crippen LogP contribution in [-0.4, -0.2) is 9.97 Å². The number of aromatic nitrogens is 2. The average Bonchev–Trinajstić information content (AvgIpc) is 2.03. The van der Waals surface area contributed by atoms with Crippen LogP contribution in [-0.2, 0) is 0 Å². The fourth-order valence-corrected chi connectivity index (χ4v) is 1.12.